The van der Waals surface area contributed by atoms with Gasteiger partial charge in [0.05, 0.1) is 34.9 Å². The largest absolute Gasteiger partial charge is 0.460 e. The molecule has 3 fully saturated rings. The highest BCUT2D eigenvalue weighted by Gasteiger charge is 2.67. The van der Waals surface area contributed by atoms with Gasteiger partial charge in [-0.1, -0.05) is 40.7 Å². The Hall–Kier alpha value is -2.52. The van der Waals surface area contributed by atoms with Crippen LogP contribution in [0.2, 0.25) is 18.1 Å². The first-order chi connectivity index (χ1) is 21.8. The molecule has 0 N–H and O–H groups in total. The number of ether oxygens (including phenoxy) is 3. The molecule has 5 aliphatic rings. The number of carbonyl (C=O) groups is 1. The van der Waals surface area contributed by atoms with Gasteiger partial charge >= 0.3 is 12.1 Å². The molecular formula is C36H47F3N2O5Si. The number of hydrogen-bond donors (Lipinski definition) is 0. The Morgan fingerprint density at radius 1 is 1.13 bits per heavy atom. The average molecular weight is 673 g/mol. The number of benzene rings is 1. The van der Waals surface area contributed by atoms with Crippen LogP contribution in [0.4, 0.5) is 13.2 Å². The molecule has 256 valence electrons. The zero-order valence-corrected chi connectivity index (χ0v) is 29.7. The van der Waals surface area contributed by atoms with E-state index in [2.05, 4.69) is 47.7 Å². The molecule has 0 aromatic heterocycles. The molecule has 3 heterocycles. The highest BCUT2D eigenvalue weighted by Crippen LogP contribution is 2.65. The lowest BCUT2D eigenvalue weighted by Crippen LogP contribution is -2.60. The van der Waals surface area contributed by atoms with Crippen molar-refractivity contribution in [2.45, 2.75) is 128 Å². The summed E-state index contributed by atoms with van der Waals surface area (Å²) < 4.78 is 68.0. The first kappa shape index (κ1) is 34.3. The van der Waals surface area contributed by atoms with Gasteiger partial charge in [0.15, 0.2) is 8.32 Å². The van der Waals surface area contributed by atoms with Crippen molar-refractivity contribution in [3.05, 3.63) is 46.0 Å². The summed E-state index contributed by atoms with van der Waals surface area (Å²) in [4.78, 5) is 18.1. The lowest BCUT2D eigenvalue weighted by Gasteiger charge is -2.53. The smallest absolute Gasteiger partial charge is 0.417 e. The van der Waals surface area contributed by atoms with E-state index in [0.29, 0.717) is 31.6 Å². The predicted octanol–water partition coefficient (Wildman–Crippen LogP) is 8.10. The fourth-order valence-electron chi connectivity index (χ4n) is 8.18. The van der Waals surface area contributed by atoms with Gasteiger partial charge in [0.2, 0.25) is 0 Å². The zero-order valence-electron chi connectivity index (χ0n) is 28.7. The Kier molecular flexibility index (Phi) is 8.43. The van der Waals surface area contributed by atoms with Crippen molar-refractivity contribution in [2.24, 2.45) is 22.2 Å². The van der Waals surface area contributed by atoms with Gasteiger partial charge in [-0.25, -0.2) is 0 Å². The molecule has 2 aliphatic carbocycles. The van der Waals surface area contributed by atoms with Crippen molar-refractivity contribution in [1.82, 2.24) is 0 Å². The summed E-state index contributed by atoms with van der Waals surface area (Å²) in [5, 5.41) is 9.73. The Bertz CT molecular complexity index is 1540. The quantitative estimate of drug-likeness (QED) is 0.232. The Morgan fingerprint density at radius 2 is 1.79 bits per heavy atom. The van der Waals surface area contributed by atoms with Gasteiger partial charge in [0.25, 0.3) is 0 Å². The number of rotatable bonds is 5. The minimum absolute atomic E-state index is 0.0524. The first-order valence-corrected chi connectivity index (χ1v) is 19.8. The number of dihydropyridines is 1. The van der Waals surface area contributed by atoms with E-state index in [-0.39, 0.29) is 40.4 Å². The molecule has 2 saturated carbocycles. The molecule has 0 radical (unpaired) electrons. The molecule has 0 amide bonds. The topological polar surface area (TPSA) is 90.1 Å². The van der Waals surface area contributed by atoms with Crippen LogP contribution in [0.25, 0.3) is 0 Å². The number of nitriles is 1. The van der Waals surface area contributed by atoms with Crippen LogP contribution in [0, 0.1) is 28.6 Å². The summed E-state index contributed by atoms with van der Waals surface area (Å²) in [6.07, 6.45) is -2.26. The summed E-state index contributed by atoms with van der Waals surface area (Å²) in [6, 6.07) is 5.14. The fourth-order valence-corrected chi connectivity index (χ4v) is 9.52. The van der Waals surface area contributed by atoms with E-state index in [4.69, 9.17) is 23.6 Å². The van der Waals surface area contributed by atoms with Crippen molar-refractivity contribution in [3.8, 4) is 6.07 Å². The number of hydrogen-bond acceptors (Lipinski definition) is 7. The molecule has 11 heteroatoms. The maximum absolute atomic E-state index is 13.8. The van der Waals surface area contributed by atoms with Gasteiger partial charge in [0.1, 0.15) is 12.2 Å². The predicted molar refractivity (Wildman–Crippen MR) is 173 cm³/mol. The summed E-state index contributed by atoms with van der Waals surface area (Å²) in [5.74, 6) is -0.646. The van der Waals surface area contributed by atoms with E-state index in [1.165, 1.54) is 19.1 Å². The van der Waals surface area contributed by atoms with Gasteiger partial charge in [-0.2, -0.15) is 18.4 Å². The minimum Gasteiger partial charge on any atom is -0.460 e. The molecule has 5 atom stereocenters. The van der Waals surface area contributed by atoms with Crippen molar-refractivity contribution < 1.29 is 36.6 Å². The maximum Gasteiger partial charge on any atom is 0.417 e. The molecule has 3 unspecified atom stereocenters. The highest BCUT2D eigenvalue weighted by atomic mass is 28.4. The van der Waals surface area contributed by atoms with Crippen LogP contribution in [-0.4, -0.2) is 57.1 Å². The van der Waals surface area contributed by atoms with Gasteiger partial charge in [-0.3, -0.25) is 9.79 Å². The molecule has 1 aromatic rings. The monoisotopic (exact) mass is 672 g/mol. The normalized spacial score (nSPS) is 29.8. The average Bonchev–Trinajstić information content (AvgIpc) is 3.68. The Balaban J connectivity index is 1.58. The molecule has 3 aliphatic heterocycles. The van der Waals surface area contributed by atoms with Crippen molar-refractivity contribution >= 4 is 20.0 Å². The van der Waals surface area contributed by atoms with Crippen LogP contribution >= 0.6 is 0 Å². The Labute approximate surface area is 277 Å². The van der Waals surface area contributed by atoms with E-state index >= 15 is 0 Å². The van der Waals surface area contributed by atoms with E-state index in [9.17, 15) is 23.2 Å². The first-order valence-electron chi connectivity index (χ1n) is 16.9. The van der Waals surface area contributed by atoms with Crippen molar-refractivity contribution in [2.75, 3.05) is 13.2 Å². The zero-order chi connectivity index (χ0) is 34.3. The number of alkyl halides is 3. The second kappa shape index (κ2) is 11.5. The number of fused-ring (bicyclic) bond motifs is 3. The maximum atomic E-state index is 13.8. The standard InChI is InChI=1S/C36H47F3N2O5Si/c1-20(2)29-27-28(35(13-15-43-16-14-35)45-31(27)22-9-10-24(36(37,38)39)23(17-22)19-40)26-25(46-47(7,8)33(4,5)6)18-34(11-12-34)32(30(26)41-29)44-21(3)42/h9-10,17,20,25-26,30-32H,11-16,18H2,1-8H3/t25-,26?,30?,31+,32?/m0/s1. The highest BCUT2D eigenvalue weighted by molar-refractivity contribution is 6.74. The molecule has 1 aromatic carbocycles. The summed E-state index contributed by atoms with van der Waals surface area (Å²) >= 11 is 0. The number of halogens is 3. The van der Waals surface area contributed by atoms with E-state index in [0.717, 1.165) is 42.2 Å². The molecule has 6 rings (SSSR count). The molecule has 7 nitrogen and oxygen atoms in total. The summed E-state index contributed by atoms with van der Waals surface area (Å²) in [6.45, 7) is 17.7. The Morgan fingerprint density at radius 3 is 2.32 bits per heavy atom. The van der Waals surface area contributed by atoms with E-state index < -0.39 is 43.4 Å². The van der Waals surface area contributed by atoms with Gasteiger partial charge < -0.3 is 18.6 Å². The number of aliphatic imine (C=N–C) groups is 1. The van der Waals surface area contributed by atoms with Gasteiger partial charge in [-0.15, -0.1) is 0 Å². The van der Waals surface area contributed by atoms with Crippen LogP contribution in [0.5, 0.6) is 0 Å². The second-order valence-electron chi connectivity index (χ2n) is 16.0. The van der Waals surface area contributed by atoms with Crippen LogP contribution in [0.1, 0.15) is 96.4 Å². The van der Waals surface area contributed by atoms with Crippen LogP contribution in [0.15, 0.2) is 34.3 Å². The molecule has 47 heavy (non-hydrogen) atoms. The lowest BCUT2D eigenvalue weighted by molar-refractivity contribution is -0.159. The van der Waals surface area contributed by atoms with Crippen LogP contribution in [-0.2, 0) is 29.6 Å². The molecule has 1 saturated heterocycles. The molecule has 0 bridgehead atoms. The number of carbonyl (C=O) groups excluding carboxylic acids is 1. The van der Waals surface area contributed by atoms with Crippen molar-refractivity contribution in [3.63, 3.8) is 0 Å². The lowest BCUT2D eigenvalue weighted by atomic mass is 9.62. The number of esters is 1. The van der Waals surface area contributed by atoms with Crippen LogP contribution in [0.3, 0.4) is 0 Å². The molecule has 2 spiro atoms. The third-order valence-corrected chi connectivity index (χ3v) is 16.1. The molecular weight excluding hydrogens is 625 g/mol. The number of nitrogens with zero attached hydrogens (tertiary/aromatic N) is 2. The van der Waals surface area contributed by atoms with E-state index in [1.54, 1.807) is 6.07 Å². The fraction of sp³-hybridized carbons (Fsp3) is 0.694. The SMILES string of the molecule is CC(=O)OC1C2N=C(C(C)C)C3=C(C2[C@@H](O[Si](C)(C)C(C)(C)C)CC12CC2)C1(CCOCC1)O[C@@H]3c1ccc(C(F)(F)F)c(C#N)c1. The third kappa shape index (κ3) is 5.81. The third-order valence-electron chi connectivity index (χ3n) is 11.6. The summed E-state index contributed by atoms with van der Waals surface area (Å²) in [7, 11) is -2.31. The van der Waals surface area contributed by atoms with Gasteiger partial charge in [0, 0.05) is 55.6 Å². The van der Waals surface area contributed by atoms with Crippen molar-refractivity contribution in [1.29, 1.82) is 5.26 Å². The summed E-state index contributed by atoms with van der Waals surface area (Å²) in [5.41, 5.74) is 0.879. The van der Waals surface area contributed by atoms with E-state index in [1.807, 2.05) is 0 Å². The van der Waals surface area contributed by atoms with Crippen LogP contribution < -0.4 is 0 Å². The second-order valence-corrected chi connectivity index (χ2v) is 20.8. The van der Waals surface area contributed by atoms with Gasteiger partial charge in [-0.05, 0) is 66.6 Å². The minimum atomic E-state index is -4.66.